The third-order valence-electron chi connectivity index (χ3n) is 10.2. The van der Waals surface area contributed by atoms with Crippen molar-refractivity contribution in [2.45, 2.75) is 69.6 Å². The van der Waals surface area contributed by atoms with E-state index in [4.69, 9.17) is 19.5 Å². The summed E-state index contributed by atoms with van der Waals surface area (Å²) in [6.07, 6.45) is 0.696. The third-order valence-corrected chi connectivity index (χ3v) is 11.3. The number of amides is 2. The number of fused-ring (bicyclic) bond motifs is 1. The van der Waals surface area contributed by atoms with Gasteiger partial charge in [0.25, 0.3) is 5.91 Å². The molecular weight excluding hydrogens is 738 g/mol. The van der Waals surface area contributed by atoms with E-state index in [0.29, 0.717) is 30.9 Å². The van der Waals surface area contributed by atoms with E-state index in [1.54, 1.807) is 7.11 Å². The number of aliphatic carboxylic acids is 1. The van der Waals surface area contributed by atoms with Crippen LogP contribution in [0.2, 0.25) is 0 Å². The number of ether oxygens (including phenoxy) is 1. The van der Waals surface area contributed by atoms with Crippen LogP contribution in [0.3, 0.4) is 0 Å². The molecule has 2 saturated heterocycles. The van der Waals surface area contributed by atoms with Crippen LogP contribution in [0.1, 0.15) is 59.3 Å². The van der Waals surface area contributed by atoms with Crippen molar-refractivity contribution in [3.8, 4) is 0 Å². The van der Waals surface area contributed by atoms with Gasteiger partial charge in [-0.25, -0.2) is 4.79 Å². The van der Waals surface area contributed by atoms with Gasteiger partial charge in [0.05, 0.1) is 18.1 Å². The number of carbonyl (C=O) groups excluding carboxylic acids is 2. The largest absolute Gasteiger partial charge is 0.490 e. The summed E-state index contributed by atoms with van der Waals surface area (Å²) in [5.74, 6) is -2.06. The number of carboxylic acid groups (broad SMARTS) is 1. The molecule has 55 heavy (non-hydrogen) atoms. The molecule has 16 heteroatoms. The molecule has 3 aliphatic rings. The van der Waals surface area contributed by atoms with Crippen LogP contribution in [0.5, 0.6) is 0 Å². The van der Waals surface area contributed by atoms with Crippen molar-refractivity contribution in [2.75, 3.05) is 66.1 Å². The summed E-state index contributed by atoms with van der Waals surface area (Å²) < 4.78 is 38.4. The lowest BCUT2D eigenvalue weighted by Gasteiger charge is -2.40. The molecule has 6 rings (SSSR count). The first-order chi connectivity index (χ1) is 26.4. The average molecular weight is 789 g/mol. The molecule has 2 aromatic carbocycles. The Bertz CT molecular complexity index is 1750. The minimum absolute atomic E-state index is 0.0235. The molecule has 1 aromatic heterocycles. The first-order valence-corrected chi connectivity index (χ1v) is 19.6. The monoisotopic (exact) mass is 788 g/mol. The van der Waals surface area contributed by atoms with E-state index < -0.39 is 17.7 Å². The lowest BCUT2D eigenvalue weighted by molar-refractivity contribution is -0.192. The van der Waals surface area contributed by atoms with Gasteiger partial charge in [0.15, 0.2) is 0 Å². The zero-order chi connectivity index (χ0) is 39.4. The minimum Gasteiger partial charge on any atom is -0.475 e. The lowest BCUT2D eigenvalue weighted by atomic mass is 9.94. The second-order valence-electron chi connectivity index (χ2n) is 14.2. The van der Waals surface area contributed by atoms with E-state index >= 15 is 0 Å². The second-order valence-corrected chi connectivity index (χ2v) is 15.3. The van der Waals surface area contributed by atoms with Crippen molar-refractivity contribution in [1.82, 2.24) is 25.3 Å². The number of thiophene rings is 1. The van der Waals surface area contributed by atoms with Gasteiger partial charge in [0.2, 0.25) is 11.9 Å². The fourth-order valence-corrected chi connectivity index (χ4v) is 8.31. The molecule has 0 radical (unpaired) electrons. The molecule has 2 aliphatic heterocycles. The lowest BCUT2D eigenvalue weighted by Crippen LogP contribution is -2.59. The van der Waals surface area contributed by atoms with Gasteiger partial charge in [0, 0.05) is 50.0 Å². The maximum atomic E-state index is 14.1. The molecule has 3 fully saturated rings. The number of benzene rings is 2. The number of hydrogen-bond donors (Lipinski definition) is 3. The van der Waals surface area contributed by atoms with Gasteiger partial charge >= 0.3 is 12.1 Å². The molecule has 0 unspecified atom stereocenters. The molecular formula is C39H51F3N6O6S. The first kappa shape index (κ1) is 41.7. The van der Waals surface area contributed by atoms with Gasteiger partial charge in [-0.3, -0.25) is 14.5 Å². The van der Waals surface area contributed by atoms with Crippen LogP contribution in [0.4, 0.5) is 13.2 Å². The summed E-state index contributed by atoms with van der Waals surface area (Å²) in [6.45, 7) is 9.80. The summed E-state index contributed by atoms with van der Waals surface area (Å²) >= 11 is 1.49. The Morgan fingerprint density at radius 2 is 1.64 bits per heavy atom. The molecule has 3 heterocycles. The fourth-order valence-electron chi connectivity index (χ4n) is 7.26. The van der Waals surface area contributed by atoms with Crippen molar-refractivity contribution in [1.29, 1.82) is 0 Å². The van der Waals surface area contributed by atoms with Crippen LogP contribution >= 0.6 is 11.3 Å². The Labute approximate surface area is 323 Å². The molecule has 3 N–H and O–H groups in total. The number of piperazine rings is 1. The molecule has 0 bridgehead atoms. The third kappa shape index (κ3) is 11.8. The number of carbonyl (C=O) groups is 3. The quantitative estimate of drug-likeness (QED) is 0.135. The Hall–Kier alpha value is -4.41. The summed E-state index contributed by atoms with van der Waals surface area (Å²) in [5, 5.41) is 19.2. The van der Waals surface area contributed by atoms with Crippen LogP contribution in [-0.4, -0.2) is 127 Å². The van der Waals surface area contributed by atoms with Gasteiger partial charge in [-0.2, -0.15) is 13.2 Å². The number of halogens is 3. The number of morpholine rings is 1. The number of guanidine groups is 1. The number of oxime groups is 1. The summed E-state index contributed by atoms with van der Waals surface area (Å²) in [6, 6.07) is 18.5. The number of hydrogen-bond acceptors (Lipinski definition) is 8. The number of rotatable bonds is 11. The highest BCUT2D eigenvalue weighted by Crippen LogP contribution is 2.33. The topological polar surface area (TPSA) is 136 Å². The Morgan fingerprint density at radius 1 is 0.982 bits per heavy atom. The molecule has 3 aromatic rings. The van der Waals surface area contributed by atoms with Crippen LogP contribution in [0.25, 0.3) is 10.1 Å². The number of carboxylic acids is 1. The molecule has 12 nitrogen and oxygen atoms in total. The Kier molecular flexibility index (Phi) is 14.8. The first-order valence-electron chi connectivity index (χ1n) is 18.8. The van der Waals surface area contributed by atoms with E-state index in [1.807, 2.05) is 12.1 Å². The number of alkyl halides is 3. The number of nitrogens with zero attached hydrogens (tertiary/aromatic N) is 4. The van der Waals surface area contributed by atoms with Crippen molar-refractivity contribution in [2.24, 2.45) is 5.16 Å². The molecule has 1 aliphatic carbocycles. The summed E-state index contributed by atoms with van der Waals surface area (Å²) in [4.78, 5) is 49.5. The van der Waals surface area contributed by atoms with E-state index in [0.717, 1.165) is 94.0 Å². The van der Waals surface area contributed by atoms with E-state index in [-0.39, 0.29) is 17.9 Å². The van der Waals surface area contributed by atoms with Crippen LogP contribution in [0.15, 0.2) is 59.8 Å². The zero-order valence-electron chi connectivity index (χ0n) is 31.4. The highest BCUT2D eigenvalue weighted by molar-refractivity contribution is 7.20. The minimum atomic E-state index is -5.08. The SMILES string of the molecule is CO/N=C(\N1CCOCC1)N1CCN(CCC[C@@H](Cc2ccccc2)NC(=O)C2(NC(=O)c3cc4ccc(C)cc4s3)CCCC2)CC1.O=C(O)C(F)(F)F. The van der Waals surface area contributed by atoms with Crippen molar-refractivity contribution < 1.29 is 42.2 Å². The van der Waals surface area contributed by atoms with Crippen molar-refractivity contribution in [3.05, 3.63) is 70.6 Å². The van der Waals surface area contributed by atoms with Gasteiger partial charge in [-0.15, -0.1) is 11.3 Å². The zero-order valence-corrected chi connectivity index (χ0v) is 32.2. The van der Waals surface area contributed by atoms with Crippen LogP contribution in [-0.2, 0) is 25.6 Å². The maximum Gasteiger partial charge on any atom is 0.490 e. The predicted octanol–water partition coefficient (Wildman–Crippen LogP) is 5.26. The average Bonchev–Trinajstić information content (AvgIpc) is 3.83. The highest BCUT2D eigenvalue weighted by Gasteiger charge is 2.43. The van der Waals surface area contributed by atoms with Gasteiger partial charge < -0.3 is 35.1 Å². The normalized spacial score (nSPS) is 18.3. The molecule has 0 spiro atoms. The smallest absolute Gasteiger partial charge is 0.475 e. The van der Waals surface area contributed by atoms with Crippen molar-refractivity contribution in [3.63, 3.8) is 0 Å². The Balaban J connectivity index is 0.000000757. The Morgan fingerprint density at radius 3 is 2.27 bits per heavy atom. The molecule has 300 valence electrons. The fraction of sp³-hybridized carbons (Fsp3) is 0.538. The number of nitrogens with one attached hydrogen (secondary N) is 2. The molecule has 1 atom stereocenters. The standard InChI is InChI=1S/C37H50N6O4S.C2HF3O2/c1-28-12-13-30-27-33(48-32(30)25-28)34(44)39-37(14-6-7-15-37)35(45)38-31(26-29-9-4-3-5-10-29)11-8-16-41-17-19-42(20-18-41)36(40-46-2)43-21-23-47-24-22-43;3-2(4,5)1(6)7/h3-5,9-10,12-13,25,27,31H,6-8,11,14-24,26H2,1-2H3,(H,38,45)(H,39,44);(H,6,7)/b40-36-;/t31-;/m0./s1. The summed E-state index contributed by atoms with van der Waals surface area (Å²) in [5.41, 5.74) is 1.50. The van der Waals surface area contributed by atoms with E-state index in [2.05, 4.69) is 79.9 Å². The van der Waals surface area contributed by atoms with Gasteiger partial charge in [-0.1, -0.05) is 55.3 Å². The number of aryl methyl sites for hydroxylation is 1. The van der Waals surface area contributed by atoms with Crippen LogP contribution < -0.4 is 10.6 Å². The molecule has 2 amide bonds. The highest BCUT2D eigenvalue weighted by atomic mass is 32.1. The van der Waals surface area contributed by atoms with Gasteiger partial charge in [0.1, 0.15) is 12.6 Å². The van der Waals surface area contributed by atoms with E-state index in [1.165, 1.54) is 22.5 Å². The molecule has 1 saturated carbocycles. The summed E-state index contributed by atoms with van der Waals surface area (Å²) in [7, 11) is 1.61. The van der Waals surface area contributed by atoms with Gasteiger partial charge in [-0.05, 0) is 79.4 Å². The van der Waals surface area contributed by atoms with E-state index in [9.17, 15) is 22.8 Å². The second kappa shape index (κ2) is 19.4. The van der Waals surface area contributed by atoms with Crippen molar-refractivity contribution >= 4 is 45.2 Å². The predicted molar refractivity (Wildman–Crippen MR) is 205 cm³/mol. The maximum absolute atomic E-state index is 14.1. The van der Waals surface area contributed by atoms with Crippen LogP contribution in [0, 0.1) is 6.92 Å².